The van der Waals surface area contributed by atoms with Gasteiger partial charge in [-0.05, 0) is 47.1 Å². The Morgan fingerprint density at radius 1 is 0.955 bits per heavy atom. The van der Waals surface area contributed by atoms with Crippen molar-refractivity contribution in [2.45, 2.75) is 6.42 Å². The van der Waals surface area contributed by atoms with Crippen molar-refractivity contribution in [1.82, 2.24) is 10.3 Å². The fourth-order valence-electron chi connectivity index (χ4n) is 2.31. The number of benzene rings is 2. The Kier molecular flexibility index (Phi) is 4.61. The van der Waals surface area contributed by atoms with Crippen LogP contribution in [0.15, 0.2) is 66.9 Å². The lowest BCUT2D eigenvalue weighted by atomic mass is 10.1. The van der Waals surface area contributed by atoms with Crippen LogP contribution in [-0.2, 0) is 6.42 Å². The third-order valence-corrected chi connectivity index (χ3v) is 3.67. The lowest BCUT2D eigenvalue weighted by Gasteiger charge is -2.10. The molecule has 0 unspecified atom stereocenters. The van der Waals surface area contributed by atoms with Gasteiger partial charge in [0.05, 0.1) is 0 Å². The van der Waals surface area contributed by atoms with Crippen molar-refractivity contribution in [3.8, 4) is 0 Å². The molecular formula is C18H17N3S. The Morgan fingerprint density at radius 3 is 2.59 bits per heavy atom. The van der Waals surface area contributed by atoms with Gasteiger partial charge in [0.15, 0.2) is 5.11 Å². The van der Waals surface area contributed by atoms with Crippen molar-refractivity contribution in [1.29, 1.82) is 0 Å². The first-order chi connectivity index (χ1) is 10.8. The van der Waals surface area contributed by atoms with Gasteiger partial charge in [-0.15, -0.1) is 0 Å². The van der Waals surface area contributed by atoms with E-state index in [-0.39, 0.29) is 0 Å². The molecule has 1 heterocycles. The number of fused-ring (bicyclic) bond motifs is 1. The zero-order valence-corrected chi connectivity index (χ0v) is 12.9. The molecule has 110 valence electrons. The first-order valence-electron chi connectivity index (χ1n) is 7.25. The summed E-state index contributed by atoms with van der Waals surface area (Å²) in [5.74, 6) is 0.755. The molecule has 3 aromatic rings. The fourth-order valence-corrected chi connectivity index (χ4v) is 2.52. The van der Waals surface area contributed by atoms with Crippen LogP contribution in [0.3, 0.4) is 0 Å². The summed E-state index contributed by atoms with van der Waals surface area (Å²) in [6.45, 7) is 0.789. The molecule has 22 heavy (non-hydrogen) atoms. The number of thiocarbonyl (C=S) groups is 1. The van der Waals surface area contributed by atoms with Crippen LogP contribution >= 0.6 is 12.2 Å². The molecule has 1 aromatic heterocycles. The molecule has 0 aliphatic rings. The monoisotopic (exact) mass is 307 g/mol. The molecule has 0 spiro atoms. The Morgan fingerprint density at radius 2 is 1.77 bits per heavy atom. The van der Waals surface area contributed by atoms with Gasteiger partial charge < -0.3 is 10.6 Å². The number of anilines is 1. The zero-order valence-electron chi connectivity index (χ0n) is 12.1. The second kappa shape index (κ2) is 7.00. The summed E-state index contributed by atoms with van der Waals surface area (Å²) in [5.41, 5.74) is 1.30. The van der Waals surface area contributed by atoms with Crippen LogP contribution in [0.5, 0.6) is 0 Å². The van der Waals surface area contributed by atoms with Gasteiger partial charge in [-0.3, -0.25) is 0 Å². The van der Waals surface area contributed by atoms with Crippen molar-refractivity contribution < 1.29 is 0 Å². The summed E-state index contributed by atoms with van der Waals surface area (Å²) in [4.78, 5) is 4.18. The minimum Gasteiger partial charge on any atom is -0.362 e. The summed E-state index contributed by atoms with van der Waals surface area (Å²) in [6, 6.07) is 20.6. The lowest BCUT2D eigenvalue weighted by Crippen LogP contribution is -2.30. The normalized spacial score (nSPS) is 10.4. The van der Waals surface area contributed by atoms with E-state index < -0.39 is 0 Å². The molecule has 0 atom stereocenters. The van der Waals surface area contributed by atoms with Gasteiger partial charge in [0.2, 0.25) is 0 Å². The van der Waals surface area contributed by atoms with Crippen LogP contribution in [0, 0.1) is 0 Å². The summed E-state index contributed by atoms with van der Waals surface area (Å²) in [7, 11) is 0. The van der Waals surface area contributed by atoms with E-state index in [2.05, 4.69) is 58.1 Å². The number of nitrogens with one attached hydrogen (secondary N) is 2. The van der Waals surface area contributed by atoms with Crippen LogP contribution in [0.4, 0.5) is 5.82 Å². The Labute approximate surface area is 135 Å². The summed E-state index contributed by atoms with van der Waals surface area (Å²) >= 11 is 5.27. The highest BCUT2D eigenvalue weighted by molar-refractivity contribution is 7.80. The first-order valence-corrected chi connectivity index (χ1v) is 7.66. The predicted octanol–water partition coefficient (Wildman–Crippen LogP) is 3.76. The topological polar surface area (TPSA) is 37.0 Å². The maximum atomic E-state index is 5.27. The summed E-state index contributed by atoms with van der Waals surface area (Å²) < 4.78 is 0. The number of aromatic nitrogens is 1. The Balaban J connectivity index is 1.52. The summed E-state index contributed by atoms with van der Waals surface area (Å²) in [6.07, 6.45) is 2.66. The molecule has 4 heteroatoms. The standard InChI is InChI=1S/C18H17N3S/c22-18(21-17-7-3-4-11-19-17)20-12-10-14-8-9-15-5-1-2-6-16(15)13-14/h1-9,11,13H,10,12H2,(H2,19,20,21,22). The van der Waals surface area contributed by atoms with Gasteiger partial charge >= 0.3 is 0 Å². The van der Waals surface area contributed by atoms with E-state index in [9.17, 15) is 0 Å². The number of nitrogens with zero attached hydrogens (tertiary/aromatic N) is 1. The number of hydrogen-bond donors (Lipinski definition) is 2. The average molecular weight is 307 g/mol. The Bertz CT molecular complexity index is 771. The van der Waals surface area contributed by atoms with E-state index in [1.54, 1.807) is 6.20 Å². The molecule has 2 N–H and O–H groups in total. The summed E-state index contributed by atoms with van der Waals surface area (Å²) in [5, 5.41) is 9.41. The van der Waals surface area contributed by atoms with Crippen LogP contribution in [-0.4, -0.2) is 16.6 Å². The van der Waals surface area contributed by atoms with Gasteiger partial charge in [0.25, 0.3) is 0 Å². The van der Waals surface area contributed by atoms with Gasteiger partial charge in [-0.1, -0.05) is 48.5 Å². The highest BCUT2D eigenvalue weighted by Crippen LogP contribution is 2.15. The van der Waals surface area contributed by atoms with Crippen molar-refractivity contribution in [2.75, 3.05) is 11.9 Å². The third kappa shape index (κ3) is 3.80. The van der Waals surface area contributed by atoms with E-state index in [0.29, 0.717) is 5.11 Å². The molecule has 3 nitrogen and oxygen atoms in total. The Hall–Kier alpha value is -2.46. The van der Waals surface area contributed by atoms with Gasteiger partial charge in [-0.2, -0.15) is 0 Å². The second-order valence-corrected chi connectivity index (χ2v) is 5.44. The van der Waals surface area contributed by atoms with E-state index in [1.807, 2.05) is 18.2 Å². The molecule has 0 saturated heterocycles. The van der Waals surface area contributed by atoms with Crippen LogP contribution in [0.2, 0.25) is 0 Å². The molecular weight excluding hydrogens is 290 g/mol. The number of hydrogen-bond acceptors (Lipinski definition) is 2. The maximum absolute atomic E-state index is 5.27. The molecule has 0 amide bonds. The van der Waals surface area contributed by atoms with Crippen molar-refractivity contribution >= 4 is 33.9 Å². The fraction of sp³-hybridized carbons (Fsp3) is 0.111. The van der Waals surface area contributed by atoms with Crippen molar-refractivity contribution in [3.63, 3.8) is 0 Å². The van der Waals surface area contributed by atoms with E-state index in [0.717, 1.165) is 18.8 Å². The van der Waals surface area contributed by atoms with Gasteiger partial charge in [-0.25, -0.2) is 4.98 Å². The largest absolute Gasteiger partial charge is 0.362 e. The highest BCUT2D eigenvalue weighted by Gasteiger charge is 1.99. The van der Waals surface area contributed by atoms with E-state index in [4.69, 9.17) is 12.2 Å². The molecule has 0 bridgehead atoms. The van der Waals surface area contributed by atoms with Crippen LogP contribution < -0.4 is 10.6 Å². The average Bonchev–Trinajstić information content (AvgIpc) is 2.55. The van der Waals surface area contributed by atoms with Gasteiger partial charge in [0, 0.05) is 12.7 Å². The van der Waals surface area contributed by atoms with Crippen LogP contribution in [0.1, 0.15) is 5.56 Å². The second-order valence-electron chi connectivity index (χ2n) is 5.03. The van der Waals surface area contributed by atoms with E-state index in [1.165, 1.54) is 16.3 Å². The molecule has 0 aliphatic carbocycles. The number of pyridine rings is 1. The SMILES string of the molecule is S=C(NCCc1ccc2ccccc2c1)Nc1ccccn1. The molecule has 3 rings (SSSR count). The predicted molar refractivity (Wildman–Crippen MR) is 96.1 cm³/mol. The molecule has 0 saturated carbocycles. The maximum Gasteiger partial charge on any atom is 0.171 e. The van der Waals surface area contributed by atoms with E-state index >= 15 is 0 Å². The van der Waals surface area contributed by atoms with Gasteiger partial charge in [0.1, 0.15) is 5.82 Å². The molecule has 0 radical (unpaired) electrons. The molecule has 0 fully saturated rings. The highest BCUT2D eigenvalue weighted by atomic mass is 32.1. The molecule has 2 aromatic carbocycles. The third-order valence-electron chi connectivity index (χ3n) is 3.42. The minimum absolute atomic E-state index is 0.597. The van der Waals surface area contributed by atoms with Crippen molar-refractivity contribution in [3.05, 3.63) is 72.4 Å². The smallest absolute Gasteiger partial charge is 0.171 e. The zero-order chi connectivity index (χ0) is 15.2. The number of rotatable bonds is 4. The lowest BCUT2D eigenvalue weighted by molar-refractivity contribution is 0.874. The van der Waals surface area contributed by atoms with Crippen molar-refractivity contribution in [2.24, 2.45) is 0 Å². The first kappa shape index (κ1) is 14.5. The quantitative estimate of drug-likeness (QED) is 0.720. The molecule has 0 aliphatic heterocycles. The minimum atomic E-state index is 0.597. The van der Waals surface area contributed by atoms with Crippen LogP contribution in [0.25, 0.3) is 10.8 Å².